The number of hydrogen-bond donors (Lipinski definition) is 0. The Morgan fingerprint density at radius 2 is 1.72 bits per heavy atom. The molecule has 5 rings (SSSR count). The van der Waals surface area contributed by atoms with Gasteiger partial charge in [0.05, 0.1) is 0 Å². The van der Waals surface area contributed by atoms with Crippen LogP contribution >= 0.6 is 11.8 Å². The van der Waals surface area contributed by atoms with E-state index in [1.54, 1.807) is 12.4 Å². The number of aromatic nitrogens is 4. The molecule has 1 amide bonds. The van der Waals surface area contributed by atoms with Crippen molar-refractivity contribution < 1.29 is 4.79 Å². The number of thioether (sulfide) groups is 1. The summed E-state index contributed by atoms with van der Waals surface area (Å²) in [4.78, 5) is 19.5. The van der Waals surface area contributed by atoms with E-state index in [2.05, 4.69) is 19.7 Å². The largest absolute Gasteiger partial charge is 0.341 e. The molecule has 1 saturated heterocycles. The Labute approximate surface area is 174 Å². The Bertz CT molecular complexity index is 981. The summed E-state index contributed by atoms with van der Waals surface area (Å²) in [6, 6.07) is 14.4. The standard InChI is InChI=1S/C22H23N5OS/c28-21(26-14-4-5-15-26)19(16-6-2-1-3-7-16)29-22-25-24-20(27(22)18-8-9-18)17-10-12-23-13-11-17/h1-3,6-7,10-13,18-19H,4-5,8-9,14-15H2. The number of carbonyl (C=O) groups excluding carboxylic acids is 1. The maximum Gasteiger partial charge on any atom is 0.240 e. The van der Waals surface area contributed by atoms with E-state index in [0.29, 0.717) is 6.04 Å². The molecular formula is C22H23N5OS. The number of likely N-dealkylation sites (tertiary alicyclic amines) is 1. The Balaban J connectivity index is 1.50. The van der Waals surface area contributed by atoms with Crippen molar-refractivity contribution in [3.05, 3.63) is 60.4 Å². The number of pyridine rings is 1. The van der Waals surface area contributed by atoms with Crippen molar-refractivity contribution in [2.45, 2.75) is 42.1 Å². The molecule has 6 nitrogen and oxygen atoms in total. The second-order valence-corrected chi connectivity index (χ2v) is 8.66. The van der Waals surface area contributed by atoms with Crippen LogP contribution in [0.15, 0.2) is 60.0 Å². The van der Waals surface area contributed by atoms with Gasteiger partial charge < -0.3 is 4.90 Å². The maximum atomic E-state index is 13.4. The molecule has 2 fully saturated rings. The topological polar surface area (TPSA) is 63.9 Å². The fourth-order valence-corrected chi connectivity index (χ4v) is 5.01. The fourth-order valence-electron chi connectivity index (χ4n) is 3.81. The first-order valence-electron chi connectivity index (χ1n) is 10.2. The van der Waals surface area contributed by atoms with Crippen LogP contribution in [0.25, 0.3) is 11.4 Å². The predicted octanol–water partition coefficient (Wildman–Crippen LogP) is 4.13. The van der Waals surface area contributed by atoms with Crippen LogP contribution in [0.4, 0.5) is 0 Å². The average molecular weight is 406 g/mol. The molecule has 1 unspecified atom stereocenters. The lowest BCUT2D eigenvalue weighted by molar-refractivity contribution is -0.129. The summed E-state index contributed by atoms with van der Waals surface area (Å²) in [7, 11) is 0. The summed E-state index contributed by atoms with van der Waals surface area (Å²) in [6.07, 6.45) is 7.97. The molecule has 29 heavy (non-hydrogen) atoms. The lowest BCUT2D eigenvalue weighted by atomic mass is 10.1. The van der Waals surface area contributed by atoms with Crippen molar-refractivity contribution in [1.82, 2.24) is 24.6 Å². The van der Waals surface area contributed by atoms with Gasteiger partial charge >= 0.3 is 0 Å². The van der Waals surface area contributed by atoms with Crippen LogP contribution in [0, 0.1) is 0 Å². The molecule has 1 atom stereocenters. The lowest BCUT2D eigenvalue weighted by Gasteiger charge is -2.23. The van der Waals surface area contributed by atoms with Gasteiger partial charge in [0.15, 0.2) is 11.0 Å². The first-order chi connectivity index (χ1) is 14.3. The van der Waals surface area contributed by atoms with E-state index < -0.39 is 0 Å². The normalized spacial score (nSPS) is 17.4. The van der Waals surface area contributed by atoms with Gasteiger partial charge in [0.25, 0.3) is 0 Å². The summed E-state index contributed by atoms with van der Waals surface area (Å²) in [5, 5.41) is 9.52. The molecule has 0 radical (unpaired) electrons. The molecular weight excluding hydrogens is 382 g/mol. The second-order valence-electron chi connectivity index (χ2n) is 7.58. The third-order valence-electron chi connectivity index (χ3n) is 5.48. The smallest absolute Gasteiger partial charge is 0.240 e. The molecule has 1 aliphatic carbocycles. The van der Waals surface area contributed by atoms with Gasteiger partial charge in [-0.3, -0.25) is 14.3 Å². The first kappa shape index (κ1) is 18.4. The molecule has 2 aliphatic rings. The number of hydrogen-bond acceptors (Lipinski definition) is 5. The minimum atomic E-state index is -0.304. The summed E-state index contributed by atoms with van der Waals surface area (Å²) in [6.45, 7) is 1.70. The number of rotatable bonds is 6. The van der Waals surface area contributed by atoms with Gasteiger partial charge in [-0.15, -0.1) is 10.2 Å². The Kier molecular flexibility index (Phi) is 5.06. The van der Waals surface area contributed by atoms with Gasteiger partial charge in [0.1, 0.15) is 5.25 Å². The van der Waals surface area contributed by atoms with Crippen molar-refractivity contribution in [3.8, 4) is 11.4 Å². The van der Waals surface area contributed by atoms with Crippen molar-refractivity contribution in [2.75, 3.05) is 13.1 Å². The van der Waals surface area contributed by atoms with Crippen molar-refractivity contribution >= 4 is 17.7 Å². The number of amides is 1. The number of benzene rings is 1. The highest BCUT2D eigenvalue weighted by atomic mass is 32.2. The molecule has 0 bridgehead atoms. The molecule has 3 aromatic rings. The van der Waals surface area contributed by atoms with Crippen LogP contribution in [0.1, 0.15) is 42.5 Å². The van der Waals surface area contributed by atoms with Crippen LogP contribution < -0.4 is 0 Å². The van der Waals surface area contributed by atoms with Crippen molar-refractivity contribution in [1.29, 1.82) is 0 Å². The molecule has 0 spiro atoms. The minimum Gasteiger partial charge on any atom is -0.341 e. The summed E-state index contributed by atoms with van der Waals surface area (Å²) in [5.41, 5.74) is 2.03. The fraction of sp³-hybridized carbons (Fsp3) is 0.364. The zero-order valence-electron chi connectivity index (χ0n) is 16.1. The SMILES string of the molecule is O=C(C(Sc1nnc(-c2ccncc2)n1C1CC1)c1ccccc1)N1CCCC1. The molecule has 1 aliphatic heterocycles. The summed E-state index contributed by atoms with van der Waals surface area (Å²) in [5.74, 6) is 1.03. The molecule has 1 saturated carbocycles. The Morgan fingerprint density at radius 3 is 2.41 bits per heavy atom. The quantitative estimate of drug-likeness (QED) is 0.577. The van der Waals surface area contributed by atoms with E-state index in [9.17, 15) is 4.79 Å². The van der Waals surface area contributed by atoms with E-state index >= 15 is 0 Å². The van der Waals surface area contributed by atoms with Crippen LogP contribution in [-0.2, 0) is 4.79 Å². The zero-order valence-corrected chi connectivity index (χ0v) is 17.0. The van der Waals surface area contributed by atoms with Gasteiger partial charge in [-0.05, 0) is 43.4 Å². The highest BCUT2D eigenvalue weighted by molar-refractivity contribution is 8.00. The Morgan fingerprint density at radius 1 is 1.00 bits per heavy atom. The average Bonchev–Trinajstić information content (AvgIpc) is 3.29. The van der Waals surface area contributed by atoms with E-state index in [4.69, 9.17) is 0 Å². The maximum absolute atomic E-state index is 13.4. The minimum absolute atomic E-state index is 0.175. The Hall–Kier alpha value is -2.67. The third kappa shape index (κ3) is 3.79. The number of nitrogens with zero attached hydrogens (tertiary/aromatic N) is 5. The van der Waals surface area contributed by atoms with Crippen LogP contribution in [0.2, 0.25) is 0 Å². The van der Waals surface area contributed by atoms with Gasteiger partial charge in [0.2, 0.25) is 5.91 Å². The molecule has 3 heterocycles. The number of carbonyl (C=O) groups is 1. The predicted molar refractivity (Wildman–Crippen MR) is 112 cm³/mol. The van der Waals surface area contributed by atoms with Crippen molar-refractivity contribution in [3.63, 3.8) is 0 Å². The van der Waals surface area contributed by atoms with Crippen LogP contribution in [-0.4, -0.2) is 43.6 Å². The monoisotopic (exact) mass is 405 g/mol. The first-order valence-corrected chi connectivity index (χ1v) is 11.0. The van der Waals surface area contributed by atoms with Gasteiger partial charge in [0, 0.05) is 37.1 Å². The zero-order chi connectivity index (χ0) is 19.6. The molecule has 0 N–H and O–H groups in total. The highest BCUT2D eigenvalue weighted by Crippen LogP contribution is 2.44. The van der Waals surface area contributed by atoms with E-state index in [-0.39, 0.29) is 11.2 Å². The van der Waals surface area contributed by atoms with E-state index in [1.807, 2.05) is 47.4 Å². The highest BCUT2D eigenvalue weighted by Gasteiger charge is 2.34. The molecule has 2 aromatic heterocycles. The van der Waals surface area contributed by atoms with Gasteiger partial charge in [-0.25, -0.2) is 0 Å². The molecule has 1 aromatic carbocycles. The van der Waals surface area contributed by atoms with Crippen LogP contribution in [0.3, 0.4) is 0 Å². The summed E-state index contributed by atoms with van der Waals surface area (Å²) >= 11 is 1.53. The second kappa shape index (κ2) is 7.99. The lowest BCUT2D eigenvalue weighted by Crippen LogP contribution is -2.31. The van der Waals surface area contributed by atoms with Crippen molar-refractivity contribution in [2.24, 2.45) is 0 Å². The van der Waals surface area contributed by atoms with Gasteiger partial charge in [-0.2, -0.15) is 0 Å². The molecule has 7 heteroatoms. The third-order valence-corrected chi connectivity index (χ3v) is 6.68. The van der Waals surface area contributed by atoms with Crippen LogP contribution in [0.5, 0.6) is 0 Å². The molecule has 148 valence electrons. The van der Waals surface area contributed by atoms with E-state index in [0.717, 1.165) is 60.9 Å². The summed E-state index contributed by atoms with van der Waals surface area (Å²) < 4.78 is 2.22. The van der Waals surface area contributed by atoms with E-state index in [1.165, 1.54) is 11.8 Å². The van der Waals surface area contributed by atoms with Gasteiger partial charge in [-0.1, -0.05) is 42.1 Å².